The minimum Gasteiger partial charge on any atom is -0.490 e. The van der Waals surface area contributed by atoms with Crippen LogP contribution in [-0.4, -0.2) is 23.3 Å². The standard InChI is InChI=1S/C4H6N2O2/c7-3-1-2-5-6-4(3)8/h5H,1-2H2,(H,6,8). The summed E-state index contributed by atoms with van der Waals surface area (Å²) in [5, 5.41) is 11.8. The maximum Gasteiger partial charge on any atom is 0.272 e. The van der Waals surface area contributed by atoms with E-state index in [1.165, 1.54) is 0 Å². The SMILES string of the molecule is O=C1CCNN=C1O. The van der Waals surface area contributed by atoms with Crippen molar-refractivity contribution in [1.29, 1.82) is 0 Å². The fraction of sp³-hybridized carbons (Fsp3) is 0.500. The largest absolute Gasteiger partial charge is 0.490 e. The Labute approximate surface area is 46.2 Å². The summed E-state index contributed by atoms with van der Waals surface area (Å²) in [7, 11) is 0. The zero-order chi connectivity index (χ0) is 5.98. The van der Waals surface area contributed by atoms with E-state index in [0.717, 1.165) is 0 Å². The predicted octanol–water partition coefficient (Wildman–Crippen LogP) is -0.580. The van der Waals surface area contributed by atoms with Gasteiger partial charge in [0.2, 0.25) is 5.78 Å². The van der Waals surface area contributed by atoms with Gasteiger partial charge in [-0.25, -0.2) is 0 Å². The number of ketones is 1. The molecule has 0 aromatic heterocycles. The molecule has 0 amide bonds. The fourth-order valence-corrected chi connectivity index (χ4v) is 0.474. The van der Waals surface area contributed by atoms with Gasteiger partial charge in [0.05, 0.1) is 0 Å². The molecule has 0 aromatic carbocycles. The third kappa shape index (κ3) is 0.776. The Morgan fingerprint density at radius 3 is 2.88 bits per heavy atom. The van der Waals surface area contributed by atoms with Gasteiger partial charge in [0, 0.05) is 13.0 Å². The van der Waals surface area contributed by atoms with Crippen LogP contribution in [0.15, 0.2) is 5.10 Å². The molecule has 4 heteroatoms. The number of carbonyl (C=O) groups is 1. The van der Waals surface area contributed by atoms with Crippen molar-refractivity contribution < 1.29 is 9.90 Å². The molecule has 2 N–H and O–H groups in total. The Hall–Kier alpha value is -1.06. The molecule has 0 fully saturated rings. The highest BCUT2D eigenvalue weighted by Gasteiger charge is 2.12. The molecule has 0 aromatic rings. The maximum atomic E-state index is 10.4. The van der Waals surface area contributed by atoms with Crippen molar-refractivity contribution in [2.24, 2.45) is 5.10 Å². The molecule has 0 bridgehead atoms. The summed E-state index contributed by atoms with van der Waals surface area (Å²) in [6.07, 6.45) is 0.343. The van der Waals surface area contributed by atoms with E-state index < -0.39 is 5.90 Å². The first-order chi connectivity index (χ1) is 3.80. The van der Waals surface area contributed by atoms with Crippen LogP contribution >= 0.6 is 0 Å². The lowest BCUT2D eigenvalue weighted by Crippen LogP contribution is -2.27. The van der Waals surface area contributed by atoms with E-state index in [-0.39, 0.29) is 5.78 Å². The molecule has 0 aliphatic carbocycles. The van der Waals surface area contributed by atoms with Crippen LogP contribution in [0.3, 0.4) is 0 Å². The van der Waals surface area contributed by atoms with Gasteiger partial charge in [-0.15, -0.1) is 5.10 Å². The number of rotatable bonds is 0. The lowest BCUT2D eigenvalue weighted by Gasteiger charge is -2.04. The molecule has 8 heavy (non-hydrogen) atoms. The number of nitrogens with zero attached hydrogens (tertiary/aromatic N) is 1. The number of hydrogen-bond acceptors (Lipinski definition) is 3. The lowest BCUT2D eigenvalue weighted by atomic mass is 10.3. The minimum atomic E-state index is -0.406. The van der Waals surface area contributed by atoms with Crippen molar-refractivity contribution in [3.8, 4) is 0 Å². The van der Waals surface area contributed by atoms with Crippen LogP contribution in [0.5, 0.6) is 0 Å². The van der Waals surface area contributed by atoms with Gasteiger partial charge in [-0.05, 0) is 0 Å². The van der Waals surface area contributed by atoms with Gasteiger partial charge in [-0.3, -0.25) is 4.79 Å². The molecule has 44 valence electrons. The Bertz CT molecular complexity index is 141. The number of hydrogen-bond donors (Lipinski definition) is 2. The van der Waals surface area contributed by atoms with Gasteiger partial charge < -0.3 is 10.5 Å². The third-order valence-corrected chi connectivity index (χ3v) is 0.898. The van der Waals surface area contributed by atoms with Crippen molar-refractivity contribution in [2.75, 3.05) is 6.54 Å². The summed E-state index contributed by atoms with van der Waals surface area (Å²) >= 11 is 0. The monoisotopic (exact) mass is 114 g/mol. The van der Waals surface area contributed by atoms with Gasteiger partial charge in [-0.1, -0.05) is 0 Å². The molecular formula is C4H6N2O2. The van der Waals surface area contributed by atoms with Crippen LogP contribution in [0.2, 0.25) is 0 Å². The van der Waals surface area contributed by atoms with Crippen molar-refractivity contribution in [3.05, 3.63) is 0 Å². The third-order valence-electron chi connectivity index (χ3n) is 0.898. The average Bonchev–Trinajstić information content (AvgIpc) is 1.77. The van der Waals surface area contributed by atoms with E-state index in [4.69, 9.17) is 5.11 Å². The van der Waals surface area contributed by atoms with Crippen LogP contribution in [0.25, 0.3) is 0 Å². The second-order valence-electron chi connectivity index (χ2n) is 1.52. The number of hydrazone groups is 1. The first-order valence-electron chi connectivity index (χ1n) is 2.33. The molecule has 1 heterocycles. The molecule has 1 rings (SSSR count). The molecule has 0 saturated carbocycles. The summed E-state index contributed by atoms with van der Waals surface area (Å²) < 4.78 is 0. The predicted molar refractivity (Wildman–Crippen MR) is 27.7 cm³/mol. The number of aliphatic hydroxyl groups excluding tert-OH is 1. The van der Waals surface area contributed by atoms with Gasteiger partial charge in [0.25, 0.3) is 5.90 Å². The highest BCUT2D eigenvalue weighted by Crippen LogP contribution is 1.88. The smallest absolute Gasteiger partial charge is 0.272 e. The van der Waals surface area contributed by atoms with Crippen LogP contribution < -0.4 is 5.43 Å². The Morgan fingerprint density at radius 2 is 2.50 bits per heavy atom. The van der Waals surface area contributed by atoms with Crippen LogP contribution in [0.1, 0.15) is 6.42 Å². The van der Waals surface area contributed by atoms with E-state index in [1.807, 2.05) is 0 Å². The Balaban J connectivity index is 2.67. The van der Waals surface area contributed by atoms with Gasteiger partial charge in [-0.2, -0.15) is 0 Å². The molecule has 1 aliphatic rings. The van der Waals surface area contributed by atoms with E-state index >= 15 is 0 Å². The van der Waals surface area contributed by atoms with Crippen molar-refractivity contribution in [1.82, 2.24) is 5.43 Å². The second-order valence-corrected chi connectivity index (χ2v) is 1.52. The molecule has 0 atom stereocenters. The molecule has 0 spiro atoms. The van der Waals surface area contributed by atoms with E-state index in [9.17, 15) is 4.79 Å². The molecule has 4 nitrogen and oxygen atoms in total. The molecular weight excluding hydrogens is 108 g/mol. The topological polar surface area (TPSA) is 61.7 Å². The fourth-order valence-electron chi connectivity index (χ4n) is 0.474. The normalized spacial score (nSPS) is 19.5. The lowest BCUT2D eigenvalue weighted by molar-refractivity contribution is -0.114. The maximum absolute atomic E-state index is 10.4. The van der Waals surface area contributed by atoms with Crippen LogP contribution in [0, 0.1) is 0 Å². The van der Waals surface area contributed by atoms with Gasteiger partial charge in [0.15, 0.2) is 0 Å². The molecule has 0 unspecified atom stereocenters. The zero-order valence-corrected chi connectivity index (χ0v) is 4.22. The summed E-state index contributed by atoms with van der Waals surface area (Å²) in [5.41, 5.74) is 2.48. The van der Waals surface area contributed by atoms with Gasteiger partial charge in [0.1, 0.15) is 0 Å². The summed E-state index contributed by atoms with van der Waals surface area (Å²) in [6.45, 7) is 0.531. The van der Waals surface area contributed by atoms with Crippen molar-refractivity contribution >= 4 is 11.7 Å². The van der Waals surface area contributed by atoms with Crippen LogP contribution in [-0.2, 0) is 4.79 Å². The van der Waals surface area contributed by atoms with Crippen LogP contribution in [0.4, 0.5) is 0 Å². The highest BCUT2D eigenvalue weighted by atomic mass is 16.3. The Kier molecular flexibility index (Phi) is 1.15. The van der Waals surface area contributed by atoms with Crippen molar-refractivity contribution in [3.63, 3.8) is 0 Å². The second kappa shape index (κ2) is 1.81. The summed E-state index contributed by atoms with van der Waals surface area (Å²) in [4.78, 5) is 10.4. The molecule has 0 saturated heterocycles. The number of nitrogens with one attached hydrogen (secondary N) is 1. The minimum absolute atomic E-state index is 0.288. The molecule has 0 radical (unpaired) electrons. The zero-order valence-electron chi connectivity index (χ0n) is 4.22. The molecule has 1 aliphatic heterocycles. The number of Topliss-reactive ketones (excluding diaryl/α,β-unsaturated/α-hetero) is 1. The van der Waals surface area contributed by atoms with E-state index in [0.29, 0.717) is 13.0 Å². The number of carbonyl (C=O) groups excluding carboxylic acids is 1. The summed E-state index contributed by atoms with van der Waals surface area (Å²) in [5.74, 6) is -0.694. The van der Waals surface area contributed by atoms with Gasteiger partial charge >= 0.3 is 0 Å². The number of aliphatic hydroxyl groups is 1. The van der Waals surface area contributed by atoms with E-state index in [1.54, 1.807) is 0 Å². The van der Waals surface area contributed by atoms with E-state index in [2.05, 4.69) is 10.5 Å². The first-order valence-corrected chi connectivity index (χ1v) is 2.33. The van der Waals surface area contributed by atoms with Crippen molar-refractivity contribution in [2.45, 2.75) is 6.42 Å². The quantitative estimate of drug-likeness (QED) is 0.443. The Morgan fingerprint density at radius 1 is 1.75 bits per heavy atom. The first kappa shape index (κ1) is 5.08. The highest BCUT2D eigenvalue weighted by molar-refractivity contribution is 6.35. The average molecular weight is 114 g/mol. The summed E-state index contributed by atoms with van der Waals surface area (Å²) in [6, 6.07) is 0.